The van der Waals surface area contributed by atoms with Gasteiger partial charge in [-0.3, -0.25) is 0 Å². The van der Waals surface area contributed by atoms with E-state index in [9.17, 15) is 17.2 Å². The standard InChI is InChI=1S/C12H17F2NO3S2/c1-8-7-19-9(2)11(8)20(16,17)15-4-3-10(12(13)14)18-6-5-15/h7,10,12H,3-6H2,1-2H3. The van der Waals surface area contributed by atoms with Crippen LogP contribution in [-0.2, 0) is 14.8 Å². The van der Waals surface area contributed by atoms with Crippen molar-refractivity contribution in [3.8, 4) is 0 Å². The molecule has 2 rings (SSSR count). The van der Waals surface area contributed by atoms with Crippen LogP contribution in [0, 0.1) is 13.8 Å². The van der Waals surface area contributed by atoms with E-state index in [1.807, 2.05) is 0 Å². The highest BCUT2D eigenvalue weighted by molar-refractivity contribution is 7.89. The Morgan fingerprint density at radius 1 is 1.40 bits per heavy atom. The van der Waals surface area contributed by atoms with Crippen molar-refractivity contribution in [1.29, 1.82) is 0 Å². The third-order valence-corrected chi connectivity index (χ3v) is 6.65. The normalized spacial score (nSPS) is 22.1. The van der Waals surface area contributed by atoms with Crippen LogP contribution in [0.5, 0.6) is 0 Å². The zero-order valence-corrected chi connectivity index (χ0v) is 12.9. The number of rotatable bonds is 3. The molecule has 1 aliphatic heterocycles. The molecule has 1 unspecified atom stereocenters. The van der Waals surface area contributed by atoms with Crippen molar-refractivity contribution in [1.82, 2.24) is 4.31 Å². The van der Waals surface area contributed by atoms with Crippen LogP contribution in [0.2, 0.25) is 0 Å². The number of alkyl halides is 2. The van der Waals surface area contributed by atoms with Crippen LogP contribution in [0.4, 0.5) is 8.78 Å². The molecule has 20 heavy (non-hydrogen) atoms. The number of ether oxygens (including phenoxy) is 1. The first-order chi connectivity index (χ1) is 9.34. The number of hydrogen-bond donors (Lipinski definition) is 0. The molecule has 8 heteroatoms. The Balaban J connectivity index is 2.23. The minimum atomic E-state index is -3.63. The summed E-state index contributed by atoms with van der Waals surface area (Å²) in [6, 6.07) is 0. The van der Waals surface area contributed by atoms with E-state index in [0.717, 1.165) is 4.88 Å². The highest BCUT2D eigenvalue weighted by Crippen LogP contribution is 2.29. The third kappa shape index (κ3) is 3.03. The molecule has 0 aromatic carbocycles. The monoisotopic (exact) mass is 325 g/mol. The Labute approximate surface area is 121 Å². The van der Waals surface area contributed by atoms with Crippen molar-refractivity contribution >= 4 is 21.4 Å². The molecule has 0 N–H and O–H groups in total. The van der Waals surface area contributed by atoms with Gasteiger partial charge in [-0.1, -0.05) is 0 Å². The Kier molecular flexibility index (Phi) is 4.78. The summed E-state index contributed by atoms with van der Waals surface area (Å²) in [7, 11) is -3.63. The van der Waals surface area contributed by atoms with Crippen LogP contribution < -0.4 is 0 Å². The van der Waals surface area contributed by atoms with E-state index in [1.54, 1.807) is 19.2 Å². The molecular weight excluding hydrogens is 308 g/mol. The maximum Gasteiger partial charge on any atom is 0.264 e. The predicted molar refractivity (Wildman–Crippen MR) is 72.9 cm³/mol. The molecule has 1 aromatic heterocycles. The van der Waals surface area contributed by atoms with Crippen molar-refractivity contribution < 1.29 is 21.9 Å². The summed E-state index contributed by atoms with van der Waals surface area (Å²) in [5.41, 5.74) is 0.697. The SMILES string of the molecule is Cc1csc(C)c1S(=O)(=O)N1CCOC(C(F)F)CC1. The average molecular weight is 325 g/mol. The first kappa shape index (κ1) is 15.8. The second-order valence-electron chi connectivity index (χ2n) is 4.74. The smallest absolute Gasteiger partial charge is 0.264 e. The van der Waals surface area contributed by atoms with Crippen LogP contribution in [-0.4, -0.2) is 44.9 Å². The summed E-state index contributed by atoms with van der Waals surface area (Å²) < 4.78 is 56.7. The Morgan fingerprint density at radius 2 is 2.10 bits per heavy atom. The Bertz CT molecular complexity index is 552. The molecule has 1 saturated heterocycles. The second kappa shape index (κ2) is 6.05. The second-order valence-corrected chi connectivity index (χ2v) is 7.70. The van der Waals surface area contributed by atoms with E-state index < -0.39 is 22.6 Å². The van der Waals surface area contributed by atoms with Crippen molar-refractivity contribution in [3.05, 3.63) is 15.8 Å². The molecule has 0 bridgehead atoms. The lowest BCUT2D eigenvalue weighted by atomic mass is 10.2. The molecule has 0 radical (unpaired) electrons. The molecule has 0 saturated carbocycles. The van der Waals surface area contributed by atoms with Gasteiger partial charge in [0.2, 0.25) is 10.0 Å². The predicted octanol–water partition coefficient (Wildman–Crippen LogP) is 2.41. The number of hydrogen-bond acceptors (Lipinski definition) is 4. The molecule has 0 amide bonds. The van der Waals surface area contributed by atoms with Gasteiger partial charge in [0, 0.05) is 18.0 Å². The van der Waals surface area contributed by atoms with Crippen LogP contribution in [0.1, 0.15) is 16.9 Å². The van der Waals surface area contributed by atoms with E-state index in [4.69, 9.17) is 4.74 Å². The topological polar surface area (TPSA) is 46.6 Å². The van der Waals surface area contributed by atoms with E-state index in [-0.39, 0.29) is 26.1 Å². The lowest BCUT2D eigenvalue weighted by molar-refractivity contribution is -0.0495. The number of sulfonamides is 1. The number of halogens is 2. The number of nitrogens with zero attached hydrogens (tertiary/aromatic N) is 1. The lowest BCUT2D eigenvalue weighted by Crippen LogP contribution is -2.34. The van der Waals surface area contributed by atoms with Gasteiger partial charge in [-0.25, -0.2) is 17.2 Å². The number of thiophene rings is 1. The summed E-state index contributed by atoms with van der Waals surface area (Å²) >= 11 is 1.38. The maximum absolute atomic E-state index is 12.6. The van der Waals surface area contributed by atoms with Gasteiger partial charge in [0.1, 0.15) is 6.10 Å². The number of aryl methyl sites for hydroxylation is 2. The van der Waals surface area contributed by atoms with Crippen molar-refractivity contribution in [2.75, 3.05) is 19.7 Å². The summed E-state index contributed by atoms with van der Waals surface area (Å²) in [5.74, 6) is 0. The Hall–Kier alpha value is -0.570. The van der Waals surface area contributed by atoms with Crippen LogP contribution in [0.15, 0.2) is 10.3 Å². The maximum atomic E-state index is 12.6. The van der Waals surface area contributed by atoms with Crippen molar-refractivity contribution in [2.45, 2.75) is 37.7 Å². The molecule has 1 fully saturated rings. The molecule has 4 nitrogen and oxygen atoms in total. The van der Waals surface area contributed by atoms with Gasteiger partial charge in [-0.15, -0.1) is 11.3 Å². The van der Waals surface area contributed by atoms with Gasteiger partial charge in [0.05, 0.1) is 11.5 Å². The average Bonchev–Trinajstić information content (AvgIpc) is 2.60. The summed E-state index contributed by atoms with van der Waals surface area (Å²) in [4.78, 5) is 1.02. The lowest BCUT2D eigenvalue weighted by Gasteiger charge is -2.20. The van der Waals surface area contributed by atoms with Crippen LogP contribution in [0.25, 0.3) is 0 Å². The van der Waals surface area contributed by atoms with E-state index >= 15 is 0 Å². The van der Waals surface area contributed by atoms with Gasteiger partial charge in [-0.2, -0.15) is 4.31 Å². The van der Waals surface area contributed by atoms with E-state index in [0.29, 0.717) is 10.5 Å². The van der Waals surface area contributed by atoms with Gasteiger partial charge in [0.15, 0.2) is 0 Å². The largest absolute Gasteiger partial charge is 0.371 e. The molecule has 0 aliphatic carbocycles. The fourth-order valence-corrected chi connectivity index (χ4v) is 5.31. The molecule has 114 valence electrons. The zero-order valence-electron chi connectivity index (χ0n) is 11.3. The van der Waals surface area contributed by atoms with Crippen LogP contribution in [0.3, 0.4) is 0 Å². The first-order valence-corrected chi connectivity index (χ1v) is 8.60. The van der Waals surface area contributed by atoms with Crippen molar-refractivity contribution in [3.63, 3.8) is 0 Å². The molecular formula is C12H17F2NO3S2. The minimum Gasteiger partial charge on any atom is -0.371 e. The van der Waals surface area contributed by atoms with Gasteiger partial charge < -0.3 is 4.74 Å². The third-order valence-electron chi connectivity index (χ3n) is 3.30. The van der Waals surface area contributed by atoms with Gasteiger partial charge in [-0.05, 0) is 31.2 Å². The molecule has 2 heterocycles. The molecule has 1 aliphatic rings. The van der Waals surface area contributed by atoms with Crippen LogP contribution >= 0.6 is 11.3 Å². The molecule has 1 aromatic rings. The van der Waals surface area contributed by atoms with E-state index in [2.05, 4.69) is 0 Å². The fraction of sp³-hybridized carbons (Fsp3) is 0.667. The van der Waals surface area contributed by atoms with Gasteiger partial charge >= 0.3 is 0 Å². The fourth-order valence-electron chi connectivity index (χ4n) is 2.29. The van der Waals surface area contributed by atoms with Crippen molar-refractivity contribution in [2.24, 2.45) is 0 Å². The summed E-state index contributed by atoms with van der Waals surface area (Å²) in [6.45, 7) is 3.66. The summed E-state index contributed by atoms with van der Waals surface area (Å²) in [6.07, 6.45) is -3.75. The van der Waals surface area contributed by atoms with E-state index in [1.165, 1.54) is 15.6 Å². The Morgan fingerprint density at radius 3 is 2.65 bits per heavy atom. The van der Waals surface area contributed by atoms with Gasteiger partial charge in [0.25, 0.3) is 6.43 Å². The molecule has 1 atom stereocenters. The minimum absolute atomic E-state index is 0.00350. The first-order valence-electron chi connectivity index (χ1n) is 6.28. The molecule has 0 spiro atoms. The summed E-state index contributed by atoms with van der Waals surface area (Å²) in [5, 5.41) is 1.79. The quantitative estimate of drug-likeness (QED) is 0.857. The highest BCUT2D eigenvalue weighted by atomic mass is 32.2. The zero-order chi connectivity index (χ0) is 14.9. The highest BCUT2D eigenvalue weighted by Gasteiger charge is 2.33.